The van der Waals surface area contributed by atoms with Crippen molar-refractivity contribution in [2.45, 2.75) is 50.3 Å². The summed E-state index contributed by atoms with van der Waals surface area (Å²) in [6, 6.07) is 7.45. The minimum absolute atomic E-state index is 0.0774. The second-order valence-corrected chi connectivity index (χ2v) is 11.7. The van der Waals surface area contributed by atoms with Crippen molar-refractivity contribution in [2.75, 3.05) is 0 Å². The summed E-state index contributed by atoms with van der Waals surface area (Å²) in [6.07, 6.45) is 7.14. The highest BCUT2D eigenvalue weighted by atomic mass is 32.2. The molecule has 6 rings (SSSR count). The Morgan fingerprint density at radius 1 is 1.20 bits per heavy atom. The molecule has 2 bridgehead atoms. The highest BCUT2D eigenvalue weighted by molar-refractivity contribution is 7.85. The summed E-state index contributed by atoms with van der Waals surface area (Å²) in [5, 5.41) is 10.2. The summed E-state index contributed by atoms with van der Waals surface area (Å²) in [7, 11) is -0.167. The van der Waals surface area contributed by atoms with E-state index in [2.05, 4.69) is 14.7 Å². The highest BCUT2D eigenvalue weighted by Crippen LogP contribution is 2.61. The monoisotopic (exact) mass is 424 g/mol. The van der Waals surface area contributed by atoms with Crippen molar-refractivity contribution in [3.05, 3.63) is 58.3 Å². The number of benzene rings is 1. The van der Waals surface area contributed by atoms with Crippen molar-refractivity contribution in [2.24, 2.45) is 17.4 Å². The number of hydrogen-bond acceptors (Lipinski definition) is 4. The summed E-state index contributed by atoms with van der Waals surface area (Å²) in [5.74, 6) is 0.829. The SMILES string of the molecule is Cn1ccc2c(C(=N[SH+](=O)C(C)(C)C)c3cn(C45CC(C4)C5)nn3)cccc2c1=O. The van der Waals surface area contributed by atoms with Crippen LogP contribution in [-0.2, 0) is 27.8 Å². The van der Waals surface area contributed by atoms with Crippen molar-refractivity contribution in [3.63, 3.8) is 0 Å². The van der Waals surface area contributed by atoms with Crippen LogP contribution in [0.2, 0.25) is 0 Å². The van der Waals surface area contributed by atoms with Gasteiger partial charge in [-0.2, -0.15) is 0 Å². The summed E-state index contributed by atoms with van der Waals surface area (Å²) in [5.41, 5.74) is 1.92. The Morgan fingerprint density at radius 2 is 1.93 bits per heavy atom. The van der Waals surface area contributed by atoms with Gasteiger partial charge in [-0.1, -0.05) is 26.0 Å². The number of nitrogens with zero attached hydrogens (tertiary/aromatic N) is 5. The van der Waals surface area contributed by atoms with Crippen LogP contribution < -0.4 is 5.56 Å². The van der Waals surface area contributed by atoms with Crippen molar-refractivity contribution >= 4 is 27.5 Å². The Kier molecular flexibility index (Phi) is 4.16. The first-order valence-corrected chi connectivity index (χ1v) is 11.5. The summed E-state index contributed by atoms with van der Waals surface area (Å²) < 4.78 is 20.7. The predicted octanol–water partition coefficient (Wildman–Crippen LogP) is 2.89. The van der Waals surface area contributed by atoms with Gasteiger partial charge < -0.3 is 4.57 Å². The third-order valence-corrected chi connectivity index (χ3v) is 7.90. The molecule has 1 unspecified atom stereocenters. The van der Waals surface area contributed by atoms with Gasteiger partial charge in [-0.05, 0) is 63.5 Å². The zero-order valence-electron chi connectivity index (χ0n) is 17.7. The van der Waals surface area contributed by atoms with E-state index >= 15 is 0 Å². The molecule has 1 atom stereocenters. The normalized spacial score (nSPS) is 24.4. The lowest BCUT2D eigenvalue weighted by atomic mass is 9.50. The fourth-order valence-electron chi connectivity index (χ4n) is 4.38. The Labute approximate surface area is 177 Å². The van der Waals surface area contributed by atoms with Gasteiger partial charge in [0.2, 0.25) is 0 Å². The number of fused-ring (bicyclic) bond motifs is 1. The van der Waals surface area contributed by atoms with Gasteiger partial charge in [0.1, 0.15) is 10.4 Å². The number of hydrogen-bond donors (Lipinski definition) is 0. The van der Waals surface area contributed by atoms with Gasteiger partial charge in [-0.25, -0.2) is 4.68 Å². The van der Waals surface area contributed by atoms with Crippen molar-refractivity contribution in [3.8, 4) is 0 Å². The maximum absolute atomic E-state index is 13.0. The van der Waals surface area contributed by atoms with E-state index in [1.165, 1.54) is 0 Å². The molecule has 3 aliphatic rings. The molecule has 2 aromatic heterocycles. The van der Waals surface area contributed by atoms with E-state index in [0.717, 1.165) is 36.1 Å². The smallest absolute Gasteiger partial charge is 0.258 e. The molecule has 0 radical (unpaired) electrons. The first-order valence-electron chi connectivity index (χ1n) is 10.3. The van der Waals surface area contributed by atoms with Gasteiger partial charge in [-0.3, -0.25) is 4.79 Å². The molecular weight excluding hydrogens is 398 g/mol. The molecule has 0 aliphatic heterocycles. The van der Waals surface area contributed by atoms with Gasteiger partial charge in [0.25, 0.3) is 5.56 Å². The molecule has 3 fully saturated rings. The zero-order chi connectivity index (χ0) is 21.3. The Balaban J connectivity index is 1.69. The molecule has 0 N–H and O–H groups in total. The third-order valence-electron chi connectivity index (χ3n) is 6.37. The van der Waals surface area contributed by atoms with E-state index < -0.39 is 15.7 Å². The maximum Gasteiger partial charge on any atom is 0.258 e. The van der Waals surface area contributed by atoms with Crippen LogP contribution in [0.4, 0.5) is 0 Å². The number of thiol groups is 1. The molecular formula is C22H26N5O2S+. The van der Waals surface area contributed by atoms with Gasteiger partial charge in [-0.15, -0.1) is 5.10 Å². The lowest BCUT2D eigenvalue weighted by Crippen LogP contribution is -2.59. The Bertz CT molecular complexity index is 1260. The number of aryl methyl sites for hydroxylation is 1. The minimum atomic E-state index is -1.90. The molecule has 0 saturated heterocycles. The second kappa shape index (κ2) is 6.44. The van der Waals surface area contributed by atoms with E-state index in [1.807, 2.05) is 49.8 Å². The summed E-state index contributed by atoms with van der Waals surface area (Å²) in [4.78, 5) is 12.6. The molecule has 8 heteroatoms. The lowest BCUT2D eigenvalue weighted by molar-refractivity contribution is -0.0988. The molecule has 3 aliphatic carbocycles. The highest BCUT2D eigenvalue weighted by Gasteiger charge is 2.58. The van der Waals surface area contributed by atoms with Gasteiger partial charge in [0, 0.05) is 24.2 Å². The summed E-state index contributed by atoms with van der Waals surface area (Å²) >= 11 is 0. The third kappa shape index (κ3) is 2.88. The molecule has 0 amide bonds. The average molecular weight is 425 g/mol. The average Bonchev–Trinajstić information content (AvgIpc) is 3.08. The van der Waals surface area contributed by atoms with Crippen molar-refractivity contribution in [1.29, 1.82) is 0 Å². The Morgan fingerprint density at radius 3 is 2.57 bits per heavy atom. The largest absolute Gasteiger partial charge is 0.318 e. The van der Waals surface area contributed by atoms with E-state index in [-0.39, 0.29) is 11.1 Å². The predicted molar refractivity (Wildman–Crippen MR) is 119 cm³/mol. The summed E-state index contributed by atoms with van der Waals surface area (Å²) in [6.45, 7) is 5.72. The van der Waals surface area contributed by atoms with Gasteiger partial charge >= 0.3 is 0 Å². The molecule has 7 nitrogen and oxygen atoms in total. The number of rotatable bonds is 4. The lowest BCUT2D eigenvalue weighted by Gasteiger charge is -2.61. The van der Waals surface area contributed by atoms with Crippen LogP contribution >= 0.6 is 0 Å². The Hall–Kier alpha value is -2.61. The van der Waals surface area contributed by atoms with E-state index in [4.69, 9.17) is 0 Å². The van der Waals surface area contributed by atoms with Crippen molar-refractivity contribution < 1.29 is 4.21 Å². The maximum atomic E-state index is 13.0. The van der Waals surface area contributed by atoms with Gasteiger partial charge in [0.05, 0.1) is 11.7 Å². The molecule has 3 saturated carbocycles. The molecule has 1 aromatic carbocycles. The number of aromatic nitrogens is 4. The van der Waals surface area contributed by atoms with Crippen LogP contribution in [0.3, 0.4) is 0 Å². The fourth-order valence-corrected chi connectivity index (χ4v) is 5.07. The fraction of sp³-hybridized carbons (Fsp3) is 0.455. The molecule has 30 heavy (non-hydrogen) atoms. The standard InChI is InChI=1S/C22H25N5O2S/c1-21(2,3)30(29)24-19(18-13-27(25-23-18)22-10-14(11-22)12-22)16-6-5-7-17-15(16)8-9-26(4)20(17)28/h5-9,13-14H,10-12H2,1-4H3/p+1. The quantitative estimate of drug-likeness (QED) is 0.366. The first-order chi connectivity index (χ1) is 14.2. The van der Waals surface area contributed by atoms with Crippen LogP contribution in [0.5, 0.6) is 0 Å². The molecule has 3 aromatic rings. The van der Waals surface area contributed by atoms with Crippen LogP contribution in [0, 0.1) is 5.92 Å². The van der Waals surface area contributed by atoms with Crippen LogP contribution in [-0.4, -0.2) is 30.0 Å². The molecule has 2 heterocycles. The first kappa shape index (κ1) is 19.4. The van der Waals surface area contributed by atoms with Crippen LogP contribution in [0.1, 0.15) is 51.3 Å². The zero-order valence-corrected chi connectivity index (χ0v) is 18.6. The molecule has 0 spiro atoms. The number of pyridine rings is 1. The minimum Gasteiger partial charge on any atom is -0.318 e. The van der Waals surface area contributed by atoms with Crippen molar-refractivity contribution in [1.82, 2.24) is 19.6 Å². The topological polar surface area (TPSA) is 82.1 Å². The van der Waals surface area contributed by atoms with Gasteiger partial charge in [0.15, 0.2) is 16.7 Å². The van der Waals surface area contributed by atoms with E-state index in [0.29, 0.717) is 16.8 Å². The van der Waals surface area contributed by atoms with Crippen LogP contribution in [0.15, 0.2) is 45.9 Å². The van der Waals surface area contributed by atoms with E-state index in [9.17, 15) is 9.00 Å². The second-order valence-electron chi connectivity index (χ2n) is 9.64. The van der Waals surface area contributed by atoms with E-state index in [1.54, 1.807) is 23.9 Å². The molecule has 156 valence electrons. The van der Waals surface area contributed by atoms with Crippen LogP contribution in [0.25, 0.3) is 10.8 Å².